The number of likely N-dealkylation sites (tertiary alicyclic amines) is 1. The van der Waals surface area contributed by atoms with Gasteiger partial charge in [-0.2, -0.15) is 11.8 Å². The van der Waals surface area contributed by atoms with Crippen LogP contribution < -0.4 is 5.48 Å². The first-order chi connectivity index (χ1) is 7.53. The lowest BCUT2D eigenvalue weighted by atomic mass is 10.1. The standard InChI is InChI=1S/C11H22N2O2S/c1-11(2,9-10(14)12-15)16-8-7-13-5-3-4-6-13/h15H,3-9H2,1-2H3,(H,12,14). The highest BCUT2D eigenvalue weighted by Gasteiger charge is 2.22. The Hall–Kier alpha value is -0.260. The van der Waals surface area contributed by atoms with E-state index in [1.165, 1.54) is 25.9 Å². The van der Waals surface area contributed by atoms with Gasteiger partial charge in [0.05, 0.1) is 0 Å². The van der Waals surface area contributed by atoms with Crippen LogP contribution >= 0.6 is 11.8 Å². The molecule has 1 aliphatic rings. The molecule has 0 radical (unpaired) electrons. The molecule has 0 unspecified atom stereocenters. The van der Waals surface area contributed by atoms with E-state index >= 15 is 0 Å². The quantitative estimate of drug-likeness (QED) is 0.551. The molecule has 5 heteroatoms. The average Bonchev–Trinajstić information content (AvgIpc) is 2.69. The molecule has 1 aliphatic heterocycles. The lowest BCUT2D eigenvalue weighted by Gasteiger charge is -2.24. The van der Waals surface area contributed by atoms with E-state index in [9.17, 15) is 4.79 Å². The van der Waals surface area contributed by atoms with Crippen molar-refractivity contribution in [2.75, 3.05) is 25.4 Å². The van der Waals surface area contributed by atoms with E-state index in [2.05, 4.69) is 4.90 Å². The molecule has 0 aliphatic carbocycles. The third-order valence-corrected chi connectivity index (χ3v) is 4.12. The molecule has 0 bridgehead atoms. The second kappa shape index (κ2) is 6.47. The molecule has 2 N–H and O–H groups in total. The molecule has 0 aromatic rings. The van der Waals surface area contributed by atoms with Crippen molar-refractivity contribution in [1.82, 2.24) is 10.4 Å². The van der Waals surface area contributed by atoms with Gasteiger partial charge < -0.3 is 4.90 Å². The Morgan fingerprint density at radius 3 is 2.62 bits per heavy atom. The molecule has 1 saturated heterocycles. The van der Waals surface area contributed by atoms with Crippen molar-refractivity contribution >= 4 is 17.7 Å². The normalized spacial score (nSPS) is 17.7. The van der Waals surface area contributed by atoms with Crippen molar-refractivity contribution < 1.29 is 10.0 Å². The van der Waals surface area contributed by atoms with Crippen LogP contribution in [0.5, 0.6) is 0 Å². The highest BCUT2D eigenvalue weighted by Crippen LogP contribution is 2.28. The number of hydrogen-bond acceptors (Lipinski definition) is 4. The summed E-state index contributed by atoms with van der Waals surface area (Å²) in [5.74, 6) is 0.741. The highest BCUT2D eigenvalue weighted by atomic mass is 32.2. The van der Waals surface area contributed by atoms with E-state index < -0.39 is 0 Å². The van der Waals surface area contributed by atoms with E-state index in [-0.39, 0.29) is 10.7 Å². The molecule has 16 heavy (non-hydrogen) atoms. The van der Waals surface area contributed by atoms with Crippen molar-refractivity contribution in [2.45, 2.75) is 37.9 Å². The molecule has 1 fully saturated rings. The minimum Gasteiger partial charge on any atom is -0.303 e. The Morgan fingerprint density at radius 1 is 1.44 bits per heavy atom. The van der Waals surface area contributed by atoms with Gasteiger partial charge in [-0.25, -0.2) is 5.48 Å². The molecule has 94 valence electrons. The van der Waals surface area contributed by atoms with E-state index in [1.54, 1.807) is 17.2 Å². The minimum atomic E-state index is -0.307. The second-order valence-electron chi connectivity index (χ2n) is 4.87. The third-order valence-electron chi connectivity index (χ3n) is 2.81. The summed E-state index contributed by atoms with van der Waals surface area (Å²) in [5.41, 5.74) is 1.69. The van der Waals surface area contributed by atoms with Gasteiger partial charge in [0.1, 0.15) is 0 Å². The first-order valence-corrected chi connectivity index (χ1v) is 6.81. The molecule has 1 heterocycles. The van der Waals surface area contributed by atoms with Crippen molar-refractivity contribution in [1.29, 1.82) is 0 Å². The van der Waals surface area contributed by atoms with Crippen LogP contribution in [0.25, 0.3) is 0 Å². The van der Waals surface area contributed by atoms with E-state index in [4.69, 9.17) is 5.21 Å². The molecule has 0 aromatic heterocycles. The molecule has 4 nitrogen and oxygen atoms in total. The van der Waals surface area contributed by atoms with Gasteiger partial charge >= 0.3 is 0 Å². The summed E-state index contributed by atoms with van der Waals surface area (Å²) >= 11 is 1.80. The van der Waals surface area contributed by atoms with Crippen LogP contribution in [0.2, 0.25) is 0 Å². The molecule has 1 amide bonds. The van der Waals surface area contributed by atoms with Crippen LogP contribution in [0.15, 0.2) is 0 Å². The van der Waals surface area contributed by atoms with Gasteiger partial charge in [-0.05, 0) is 25.9 Å². The van der Waals surface area contributed by atoms with Gasteiger partial charge in [0.2, 0.25) is 5.91 Å². The fraction of sp³-hybridized carbons (Fsp3) is 0.909. The van der Waals surface area contributed by atoms with Crippen LogP contribution in [0.4, 0.5) is 0 Å². The SMILES string of the molecule is CC(C)(CC(=O)NO)SCCN1CCCC1. The number of nitrogens with one attached hydrogen (secondary N) is 1. The third kappa shape index (κ3) is 5.18. The Bertz CT molecular complexity index is 228. The fourth-order valence-corrected chi connectivity index (χ4v) is 3.07. The summed E-state index contributed by atoms with van der Waals surface area (Å²) in [6.45, 7) is 7.62. The highest BCUT2D eigenvalue weighted by molar-refractivity contribution is 8.00. The van der Waals surface area contributed by atoms with Gasteiger partial charge in [-0.1, -0.05) is 13.8 Å². The second-order valence-corrected chi connectivity index (χ2v) is 6.67. The molecular formula is C11H22N2O2S. The zero-order valence-corrected chi connectivity index (χ0v) is 11.0. The number of carbonyl (C=O) groups excluding carboxylic acids is 1. The number of amides is 1. The van der Waals surface area contributed by atoms with Gasteiger partial charge in [-0.3, -0.25) is 10.0 Å². The Morgan fingerprint density at radius 2 is 2.06 bits per heavy atom. The zero-order chi connectivity index (χ0) is 12.0. The summed E-state index contributed by atoms with van der Waals surface area (Å²) in [4.78, 5) is 13.5. The number of hydrogen-bond donors (Lipinski definition) is 2. The zero-order valence-electron chi connectivity index (χ0n) is 10.2. The molecule has 1 rings (SSSR count). The first kappa shape index (κ1) is 13.8. The van der Waals surface area contributed by atoms with E-state index in [1.807, 2.05) is 13.8 Å². The number of nitrogens with zero attached hydrogens (tertiary/aromatic N) is 1. The maximum atomic E-state index is 11.1. The molecule has 0 atom stereocenters. The van der Waals surface area contributed by atoms with Crippen molar-refractivity contribution in [3.63, 3.8) is 0 Å². The maximum absolute atomic E-state index is 11.1. The topological polar surface area (TPSA) is 52.6 Å². The molecule has 0 aromatic carbocycles. The van der Waals surface area contributed by atoms with Gasteiger partial charge in [-0.15, -0.1) is 0 Å². The summed E-state index contributed by atoms with van der Waals surface area (Å²) in [7, 11) is 0. The van der Waals surface area contributed by atoms with Crippen molar-refractivity contribution in [3.05, 3.63) is 0 Å². The largest absolute Gasteiger partial charge is 0.303 e. The summed E-state index contributed by atoms with van der Waals surface area (Å²) in [6.07, 6.45) is 3.00. The lowest BCUT2D eigenvalue weighted by molar-refractivity contribution is -0.129. The van der Waals surface area contributed by atoms with E-state index in [0.717, 1.165) is 12.3 Å². The summed E-state index contributed by atoms with van der Waals surface area (Å²) < 4.78 is -0.105. The number of carbonyl (C=O) groups is 1. The summed E-state index contributed by atoms with van der Waals surface area (Å²) in [6, 6.07) is 0. The van der Waals surface area contributed by atoms with Crippen LogP contribution in [0, 0.1) is 0 Å². The number of rotatable bonds is 6. The minimum absolute atomic E-state index is 0.105. The van der Waals surface area contributed by atoms with Crippen LogP contribution in [0.1, 0.15) is 33.1 Å². The first-order valence-electron chi connectivity index (χ1n) is 5.83. The van der Waals surface area contributed by atoms with E-state index in [0.29, 0.717) is 6.42 Å². The van der Waals surface area contributed by atoms with Crippen molar-refractivity contribution in [3.8, 4) is 0 Å². The smallest absolute Gasteiger partial charge is 0.244 e. The Balaban J connectivity index is 2.16. The average molecular weight is 246 g/mol. The van der Waals surface area contributed by atoms with Crippen LogP contribution in [-0.4, -0.2) is 46.1 Å². The van der Waals surface area contributed by atoms with Crippen molar-refractivity contribution in [2.24, 2.45) is 0 Å². The Labute approximate surface area is 102 Å². The monoisotopic (exact) mass is 246 g/mol. The number of thioether (sulfide) groups is 1. The lowest BCUT2D eigenvalue weighted by Crippen LogP contribution is -2.30. The number of hydroxylamine groups is 1. The molecular weight excluding hydrogens is 224 g/mol. The predicted molar refractivity (Wildman–Crippen MR) is 66.8 cm³/mol. The predicted octanol–water partition coefficient (Wildman–Crippen LogP) is 1.49. The fourth-order valence-electron chi connectivity index (χ4n) is 1.93. The molecule has 0 spiro atoms. The maximum Gasteiger partial charge on any atom is 0.244 e. The van der Waals surface area contributed by atoms with Gasteiger partial charge in [0.15, 0.2) is 0 Å². The Kier molecular flexibility index (Phi) is 5.58. The van der Waals surface area contributed by atoms with Gasteiger partial charge in [0.25, 0.3) is 0 Å². The van der Waals surface area contributed by atoms with Gasteiger partial charge in [0, 0.05) is 23.5 Å². The van der Waals surface area contributed by atoms with Crippen LogP contribution in [0.3, 0.4) is 0 Å². The summed E-state index contributed by atoms with van der Waals surface area (Å²) in [5, 5.41) is 8.48. The van der Waals surface area contributed by atoms with Crippen LogP contribution in [-0.2, 0) is 4.79 Å². The molecule has 0 saturated carbocycles.